The number of hydrogen-bond acceptors (Lipinski definition) is 4. The van der Waals surface area contributed by atoms with Crippen molar-refractivity contribution in [1.29, 1.82) is 0 Å². The number of hydrogen-bond donors (Lipinski definition) is 1. The molecular weight excluding hydrogens is 256 g/mol. The van der Waals surface area contributed by atoms with E-state index in [2.05, 4.69) is 29.4 Å². The third-order valence-electron chi connectivity index (χ3n) is 3.02. The van der Waals surface area contributed by atoms with E-state index in [0.717, 1.165) is 23.1 Å². The molecule has 2 aromatic rings. The quantitative estimate of drug-likeness (QED) is 0.754. The van der Waals surface area contributed by atoms with Crippen molar-refractivity contribution in [3.8, 4) is 0 Å². The zero-order valence-electron chi connectivity index (χ0n) is 11.7. The summed E-state index contributed by atoms with van der Waals surface area (Å²) in [4.78, 5) is 0. The van der Waals surface area contributed by atoms with Gasteiger partial charge in [0.05, 0.1) is 0 Å². The van der Waals surface area contributed by atoms with Gasteiger partial charge in [0.1, 0.15) is 0 Å². The zero-order valence-corrected chi connectivity index (χ0v) is 12.5. The molecule has 5 heteroatoms. The van der Waals surface area contributed by atoms with Gasteiger partial charge in [-0.2, -0.15) is 0 Å². The summed E-state index contributed by atoms with van der Waals surface area (Å²) < 4.78 is 2.05. The van der Waals surface area contributed by atoms with Gasteiger partial charge in [0, 0.05) is 18.0 Å². The molecule has 104 valence electrons. The lowest BCUT2D eigenvalue weighted by Gasteiger charge is -2.16. The van der Waals surface area contributed by atoms with Crippen molar-refractivity contribution < 1.29 is 0 Å². The maximum atomic E-state index is 4.26. The van der Waals surface area contributed by atoms with Crippen LogP contribution in [0.4, 0.5) is 0 Å². The minimum Gasteiger partial charge on any atom is -0.313 e. The van der Waals surface area contributed by atoms with E-state index in [1.165, 1.54) is 19.3 Å². The van der Waals surface area contributed by atoms with Crippen LogP contribution in [0.25, 0.3) is 5.65 Å². The van der Waals surface area contributed by atoms with Crippen molar-refractivity contribution in [2.75, 3.05) is 12.3 Å². The summed E-state index contributed by atoms with van der Waals surface area (Å²) in [7, 11) is 0. The maximum absolute atomic E-state index is 4.26. The fourth-order valence-electron chi connectivity index (χ4n) is 2.03. The Bertz CT molecular complexity index is 497. The molecule has 0 bridgehead atoms. The number of pyridine rings is 1. The van der Waals surface area contributed by atoms with Crippen LogP contribution in [0.2, 0.25) is 0 Å². The van der Waals surface area contributed by atoms with Crippen LogP contribution in [0.3, 0.4) is 0 Å². The van der Waals surface area contributed by atoms with Crippen LogP contribution in [0, 0.1) is 0 Å². The topological polar surface area (TPSA) is 42.2 Å². The molecule has 0 radical (unpaired) electrons. The molecule has 19 heavy (non-hydrogen) atoms. The Balaban J connectivity index is 1.96. The first-order valence-corrected chi connectivity index (χ1v) is 7.99. The van der Waals surface area contributed by atoms with Gasteiger partial charge in [-0.05, 0) is 31.5 Å². The highest BCUT2D eigenvalue weighted by Crippen LogP contribution is 2.18. The van der Waals surface area contributed by atoms with E-state index in [9.17, 15) is 0 Å². The number of thioether (sulfide) groups is 1. The molecule has 0 saturated carbocycles. The summed E-state index contributed by atoms with van der Waals surface area (Å²) in [5, 5.41) is 13.0. The summed E-state index contributed by atoms with van der Waals surface area (Å²) >= 11 is 1.78. The second-order valence-electron chi connectivity index (χ2n) is 4.66. The molecular formula is C14H22N4S. The average molecular weight is 278 g/mol. The third kappa shape index (κ3) is 3.94. The van der Waals surface area contributed by atoms with E-state index in [0.29, 0.717) is 6.04 Å². The molecule has 2 rings (SSSR count). The fourth-order valence-corrected chi connectivity index (χ4v) is 3.06. The molecule has 0 saturated heterocycles. The van der Waals surface area contributed by atoms with Gasteiger partial charge in [0.25, 0.3) is 0 Å². The predicted molar refractivity (Wildman–Crippen MR) is 80.7 cm³/mol. The molecule has 0 aromatic carbocycles. The minimum atomic E-state index is 0.561. The fraction of sp³-hybridized carbons (Fsp3) is 0.571. The Morgan fingerprint density at radius 3 is 2.95 bits per heavy atom. The lowest BCUT2D eigenvalue weighted by atomic mass is 10.2. The van der Waals surface area contributed by atoms with Crippen molar-refractivity contribution in [2.45, 2.75) is 44.3 Å². The molecule has 2 heterocycles. The molecule has 1 unspecified atom stereocenters. The van der Waals surface area contributed by atoms with Crippen LogP contribution in [0.1, 0.15) is 33.1 Å². The van der Waals surface area contributed by atoms with Crippen LogP contribution in [0.5, 0.6) is 0 Å². The summed E-state index contributed by atoms with van der Waals surface area (Å²) in [6.07, 6.45) is 5.62. The van der Waals surface area contributed by atoms with Crippen LogP contribution in [0.15, 0.2) is 29.6 Å². The first-order chi connectivity index (χ1) is 9.35. The van der Waals surface area contributed by atoms with E-state index in [1.807, 2.05) is 28.8 Å². The minimum absolute atomic E-state index is 0.561. The first-order valence-electron chi connectivity index (χ1n) is 7.01. The molecule has 0 aliphatic heterocycles. The van der Waals surface area contributed by atoms with Gasteiger partial charge < -0.3 is 5.32 Å². The molecule has 4 nitrogen and oxygen atoms in total. The van der Waals surface area contributed by atoms with E-state index in [1.54, 1.807) is 11.8 Å². The molecule has 0 amide bonds. The van der Waals surface area contributed by atoms with Crippen molar-refractivity contribution in [3.05, 3.63) is 24.4 Å². The average Bonchev–Trinajstić information content (AvgIpc) is 2.85. The van der Waals surface area contributed by atoms with E-state index < -0.39 is 0 Å². The van der Waals surface area contributed by atoms with E-state index in [4.69, 9.17) is 0 Å². The van der Waals surface area contributed by atoms with Crippen molar-refractivity contribution >= 4 is 17.4 Å². The van der Waals surface area contributed by atoms with Crippen molar-refractivity contribution in [2.24, 2.45) is 0 Å². The monoisotopic (exact) mass is 278 g/mol. The normalized spacial score (nSPS) is 12.9. The molecule has 0 aliphatic carbocycles. The molecule has 2 aromatic heterocycles. The summed E-state index contributed by atoms with van der Waals surface area (Å²) in [5.74, 6) is 1.05. The first kappa shape index (κ1) is 14.3. The Kier molecular flexibility index (Phi) is 5.66. The molecule has 1 N–H and O–H groups in total. The molecule has 0 fully saturated rings. The van der Waals surface area contributed by atoms with Gasteiger partial charge in [-0.3, -0.25) is 4.40 Å². The number of nitrogens with one attached hydrogen (secondary N) is 1. The lowest BCUT2D eigenvalue weighted by Crippen LogP contribution is -2.31. The summed E-state index contributed by atoms with van der Waals surface area (Å²) in [6, 6.07) is 6.54. The second kappa shape index (κ2) is 7.50. The number of fused-ring (bicyclic) bond motifs is 1. The largest absolute Gasteiger partial charge is 0.313 e. The standard InChI is InChI=1S/C14H22N4S/c1-3-7-12(15-9-4-2)11-19-14-17-16-13-8-5-6-10-18(13)14/h5-6,8,10,12,15H,3-4,7,9,11H2,1-2H3. The Labute approximate surface area is 119 Å². The molecule has 0 spiro atoms. The van der Waals surface area contributed by atoms with Crippen LogP contribution in [-0.2, 0) is 0 Å². The molecule has 0 aliphatic rings. The second-order valence-corrected chi connectivity index (χ2v) is 5.65. The van der Waals surface area contributed by atoms with Gasteiger partial charge in [-0.1, -0.05) is 38.1 Å². The highest BCUT2D eigenvalue weighted by atomic mass is 32.2. The Morgan fingerprint density at radius 2 is 2.16 bits per heavy atom. The third-order valence-corrected chi connectivity index (χ3v) is 4.12. The van der Waals surface area contributed by atoms with Crippen LogP contribution >= 0.6 is 11.8 Å². The number of nitrogens with zero attached hydrogens (tertiary/aromatic N) is 3. The van der Waals surface area contributed by atoms with Crippen LogP contribution < -0.4 is 5.32 Å². The van der Waals surface area contributed by atoms with Gasteiger partial charge in [-0.15, -0.1) is 10.2 Å². The van der Waals surface area contributed by atoms with Gasteiger partial charge >= 0.3 is 0 Å². The maximum Gasteiger partial charge on any atom is 0.195 e. The van der Waals surface area contributed by atoms with Gasteiger partial charge in [0.15, 0.2) is 10.8 Å². The van der Waals surface area contributed by atoms with Crippen molar-refractivity contribution in [1.82, 2.24) is 19.9 Å². The number of rotatable bonds is 8. The number of aromatic nitrogens is 3. The van der Waals surface area contributed by atoms with Crippen molar-refractivity contribution in [3.63, 3.8) is 0 Å². The van der Waals surface area contributed by atoms with E-state index in [-0.39, 0.29) is 0 Å². The SMILES string of the molecule is CCCNC(CCC)CSc1nnc2ccccn12. The zero-order chi connectivity index (χ0) is 13.5. The smallest absolute Gasteiger partial charge is 0.195 e. The summed E-state index contributed by atoms with van der Waals surface area (Å²) in [6.45, 7) is 5.53. The van der Waals surface area contributed by atoms with Gasteiger partial charge in [-0.25, -0.2) is 0 Å². The van der Waals surface area contributed by atoms with Gasteiger partial charge in [0.2, 0.25) is 0 Å². The highest BCUT2D eigenvalue weighted by molar-refractivity contribution is 7.99. The van der Waals surface area contributed by atoms with Crippen LogP contribution in [-0.4, -0.2) is 32.9 Å². The predicted octanol–water partition coefficient (Wildman–Crippen LogP) is 2.99. The molecule has 1 atom stereocenters. The lowest BCUT2D eigenvalue weighted by molar-refractivity contribution is 0.514. The summed E-state index contributed by atoms with van der Waals surface area (Å²) in [5.41, 5.74) is 0.915. The van der Waals surface area contributed by atoms with E-state index >= 15 is 0 Å². The highest BCUT2D eigenvalue weighted by Gasteiger charge is 2.10. The Morgan fingerprint density at radius 1 is 1.26 bits per heavy atom. The Hall–Kier alpha value is -1.07.